The smallest absolute Gasteiger partial charge is 0.187 e. The van der Waals surface area contributed by atoms with E-state index in [4.69, 9.17) is 23.7 Å². The Kier molecular flexibility index (Phi) is 8.64. The first-order valence-electron chi connectivity index (χ1n) is 14.2. The van der Waals surface area contributed by atoms with E-state index >= 15 is 0 Å². The number of aliphatic hydroxyl groups excluding tert-OH is 1. The molecule has 5 atom stereocenters. The van der Waals surface area contributed by atoms with E-state index in [1.54, 1.807) is 0 Å². The Hall–Kier alpha value is -2.36. The Morgan fingerprint density at radius 2 is 1.25 bits per heavy atom. The van der Waals surface area contributed by atoms with Crippen LogP contribution in [0.3, 0.4) is 0 Å². The molecule has 2 aliphatic rings. The van der Waals surface area contributed by atoms with Crippen molar-refractivity contribution in [1.29, 1.82) is 0 Å². The Labute approximate surface area is 239 Å². The molecule has 2 aliphatic heterocycles. The van der Waals surface area contributed by atoms with Crippen molar-refractivity contribution in [3.8, 4) is 0 Å². The summed E-state index contributed by atoms with van der Waals surface area (Å²) in [6.45, 7) is 11.3. The summed E-state index contributed by atoms with van der Waals surface area (Å²) in [5.74, 6) is -0.850. The highest BCUT2D eigenvalue weighted by atomic mass is 28.3. The van der Waals surface area contributed by atoms with E-state index in [0.29, 0.717) is 6.61 Å². The van der Waals surface area contributed by atoms with Crippen LogP contribution in [0.25, 0.3) is 0 Å². The van der Waals surface area contributed by atoms with E-state index in [9.17, 15) is 5.11 Å². The van der Waals surface area contributed by atoms with Gasteiger partial charge in [0.1, 0.15) is 30.0 Å². The van der Waals surface area contributed by atoms with Gasteiger partial charge in [-0.3, -0.25) is 0 Å². The summed E-state index contributed by atoms with van der Waals surface area (Å²) < 4.78 is 32.0. The molecule has 3 aromatic carbocycles. The second-order valence-electron chi connectivity index (χ2n) is 12.4. The molecule has 0 unspecified atom stereocenters. The summed E-state index contributed by atoms with van der Waals surface area (Å²) in [7, 11) is -1.31. The maximum absolute atomic E-state index is 11.5. The predicted octanol–water partition coefficient (Wildman–Crippen LogP) is 5.96. The summed E-state index contributed by atoms with van der Waals surface area (Å²) in [4.78, 5) is 0. The van der Waals surface area contributed by atoms with Crippen LogP contribution in [0.5, 0.6) is 0 Å². The van der Waals surface area contributed by atoms with Gasteiger partial charge in [-0.1, -0.05) is 111 Å². The Bertz CT molecular complexity index is 1120. The van der Waals surface area contributed by atoms with Crippen molar-refractivity contribution in [3.05, 3.63) is 108 Å². The zero-order valence-electron chi connectivity index (χ0n) is 24.2. The molecule has 2 fully saturated rings. The fourth-order valence-corrected chi connectivity index (χ4v) is 6.29. The lowest BCUT2D eigenvalue weighted by Crippen LogP contribution is -2.58. The number of hydrogen-bond acceptors (Lipinski definition) is 6. The summed E-state index contributed by atoms with van der Waals surface area (Å²) >= 11 is 0. The Morgan fingerprint density at radius 1 is 0.775 bits per heavy atom. The van der Waals surface area contributed by atoms with Gasteiger partial charge in [-0.05, 0) is 36.6 Å². The molecule has 0 aliphatic carbocycles. The maximum atomic E-state index is 11.5. The first-order valence-corrected chi connectivity index (χ1v) is 17.9. The third-order valence-electron chi connectivity index (χ3n) is 7.60. The molecule has 0 radical (unpaired) electrons. The molecular weight excluding hydrogens is 520 g/mol. The van der Waals surface area contributed by atoms with Gasteiger partial charge in [-0.15, -0.1) is 0 Å². The quantitative estimate of drug-likeness (QED) is 0.243. The fraction of sp³-hybridized carbons (Fsp3) is 0.455. The number of rotatable bonds is 10. The van der Waals surface area contributed by atoms with E-state index < -0.39 is 50.2 Å². The molecular formula is C33H42O6Si. The normalized spacial score (nSPS) is 26.4. The van der Waals surface area contributed by atoms with Gasteiger partial charge in [0, 0.05) is 14.7 Å². The Balaban J connectivity index is 1.47. The molecule has 0 spiro atoms. The molecule has 1 N–H and O–H groups in total. The first-order chi connectivity index (χ1) is 19.1. The monoisotopic (exact) mass is 562 g/mol. The van der Waals surface area contributed by atoms with Crippen LogP contribution in [0.2, 0.25) is 25.7 Å². The van der Waals surface area contributed by atoms with Crippen LogP contribution in [0.15, 0.2) is 91.0 Å². The van der Waals surface area contributed by atoms with Crippen molar-refractivity contribution in [3.63, 3.8) is 0 Å². The lowest BCUT2D eigenvalue weighted by Gasteiger charge is -2.42. The van der Waals surface area contributed by atoms with E-state index in [2.05, 4.69) is 56.0 Å². The molecule has 6 nitrogen and oxygen atoms in total. The molecule has 0 amide bonds. The van der Waals surface area contributed by atoms with E-state index in [0.717, 1.165) is 22.7 Å². The molecule has 2 saturated heterocycles. The lowest BCUT2D eigenvalue weighted by atomic mass is 9.80. The van der Waals surface area contributed by atoms with Gasteiger partial charge in [0.25, 0.3) is 0 Å². The van der Waals surface area contributed by atoms with Crippen molar-refractivity contribution < 1.29 is 28.8 Å². The molecule has 0 aromatic heterocycles. The van der Waals surface area contributed by atoms with Gasteiger partial charge in [0.2, 0.25) is 0 Å². The average Bonchev–Trinajstić information content (AvgIpc) is 3.28. The topological polar surface area (TPSA) is 66.4 Å². The minimum atomic E-state index is -1.31. The van der Waals surface area contributed by atoms with Crippen LogP contribution in [0.1, 0.15) is 30.5 Å². The van der Waals surface area contributed by atoms with Crippen LogP contribution >= 0.6 is 0 Å². The van der Waals surface area contributed by atoms with Crippen molar-refractivity contribution in [2.75, 3.05) is 13.2 Å². The van der Waals surface area contributed by atoms with Gasteiger partial charge < -0.3 is 28.8 Å². The molecule has 5 rings (SSSR count). The highest BCUT2D eigenvalue weighted by Crippen LogP contribution is 2.42. The molecule has 0 bridgehead atoms. The van der Waals surface area contributed by atoms with Gasteiger partial charge in [-0.2, -0.15) is 0 Å². The van der Waals surface area contributed by atoms with Crippen molar-refractivity contribution >= 4 is 8.07 Å². The summed E-state index contributed by atoms with van der Waals surface area (Å²) in [6.07, 6.45) is -3.42. The second-order valence-corrected chi connectivity index (χ2v) is 18.0. The summed E-state index contributed by atoms with van der Waals surface area (Å²) in [5, 5.41) is 11.5. The van der Waals surface area contributed by atoms with Crippen LogP contribution in [0, 0.1) is 0 Å². The molecule has 0 saturated carbocycles. The minimum Gasteiger partial charge on any atom is -0.387 e. The van der Waals surface area contributed by atoms with Gasteiger partial charge in [0.05, 0.1) is 6.61 Å². The molecule has 40 heavy (non-hydrogen) atoms. The number of aliphatic hydroxyl groups is 1. The molecule has 3 aromatic rings. The van der Waals surface area contributed by atoms with Crippen LogP contribution in [0.4, 0.5) is 0 Å². The van der Waals surface area contributed by atoms with Crippen molar-refractivity contribution in [1.82, 2.24) is 0 Å². The van der Waals surface area contributed by atoms with Gasteiger partial charge in [-0.25, -0.2) is 0 Å². The van der Waals surface area contributed by atoms with Crippen molar-refractivity contribution in [2.45, 2.75) is 81.6 Å². The van der Waals surface area contributed by atoms with Gasteiger partial charge >= 0.3 is 0 Å². The number of benzene rings is 3. The largest absolute Gasteiger partial charge is 0.387 e. The third kappa shape index (κ3) is 6.26. The first kappa shape index (κ1) is 29.1. The van der Waals surface area contributed by atoms with E-state index in [1.165, 1.54) is 0 Å². The van der Waals surface area contributed by atoms with Crippen LogP contribution < -0.4 is 0 Å². The SMILES string of the molecule is CC1(C)O[C@@H]2[C@@H](OCC[Si](C)(C)C)O[C@H](COC(c3ccccc3)(c3ccccc3)c3ccccc3)[C@@H](O)[C@@H]2O1. The standard InChI is InChI=1S/C33H42O6Si/c1-32(2)38-29-28(34)27(37-31(30(29)39-32)35-21-22-40(3,4)5)23-36-33(24-15-9-6-10-16-24,25-17-11-7-12-18-25)26-19-13-8-14-20-26/h6-20,27-31,34H,21-23H2,1-5H3/t27-,28-,29+,30+,31+/m1/s1. The highest BCUT2D eigenvalue weighted by molar-refractivity contribution is 6.76. The summed E-state index contributed by atoms with van der Waals surface area (Å²) in [5.41, 5.74) is 2.03. The molecule has 214 valence electrons. The van der Waals surface area contributed by atoms with Crippen LogP contribution in [-0.2, 0) is 29.3 Å². The molecule has 7 heteroatoms. The zero-order valence-corrected chi connectivity index (χ0v) is 25.2. The number of hydrogen-bond donors (Lipinski definition) is 1. The number of ether oxygens (including phenoxy) is 5. The zero-order chi connectivity index (χ0) is 28.4. The maximum Gasteiger partial charge on any atom is 0.187 e. The van der Waals surface area contributed by atoms with Gasteiger partial charge in [0.15, 0.2) is 12.1 Å². The van der Waals surface area contributed by atoms with E-state index in [1.807, 2.05) is 68.4 Å². The molecule has 2 heterocycles. The summed E-state index contributed by atoms with van der Waals surface area (Å²) in [6, 6.07) is 31.6. The highest BCUT2D eigenvalue weighted by Gasteiger charge is 2.56. The predicted molar refractivity (Wildman–Crippen MR) is 158 cm³/mol. The van der Waals surface area contributed by atoms with Crippen molar-refractivity contribution in [2.24, 2.45) is 0 Å². The number of fused-ring (bicyclic) bond motifs is 1. The minimum absolute atomic E-state index is 0.112. The third-order valence-corrected chi connectivity index (χ3v) is 9.30. The fourth-order valence-electron chi connectivity index (χ4n) is 5.56. The lowest BCUT2D eigenvalue weighted by molar-refractivity contribution is -0.284. The Morgan fingerprint density at radius 3 is 1.73 bits per heavy atom. The van der Waals surface area contributed by atoms with Crippen LogP contribution in [-0.4, -0.2) is 62.9 Å². The average molecular weight is 563 g/mol. The second kappa shape index (κ2) is 11.9. The van der Waals surface area contributed by atoms with E-state index in [-0.39, 0.29) is 6.61 Å².